The minimum atomic E-state index is 0.282. The highest BCUT2D eigenvalue weighted by Gasteiger charge is 2.18. The summed E-state index contributed by atoms with van der Waals surface area (Å²) in [6.45, 7) is 7.74. The lowest BCUT2D eigenvalue weighted by Gasteiger charge is -2.18. The van der Waals surface area contributed by atoms with Gasteiger partial charge in [-0.25, -0.2) is 0 Å². The number of aliphatic hydroxyl groups is 1. The number of ketones is 1. The van der Waals surface area contributed by atoms with Crippen LogP contribution in [0.1, 0.15) is 26.7 Å². The van der Waals surface area contributed by atoms with E-state index in [0.717, 1.165) is 24.7 Å². The molecule has 1 rings (SSSR count). The van der Waals surface area contributed by atoms with Crippen molar-refractivity contribution in [2.45, 2.75) is 26.7 Å². The molecule has 0 amide bonds. The highest BCUT2D eigenvalue weighted by Crippen LogP contribution is 2.25. The van der Waals surface area contributed by atoms with E-state index >= 15 is 0 Å². The monoisotopic (exact) mass is 182 g/mol. The molecule has 1 aliphatic rings. The first-order chi connectivity index (χ1) is 6.11. The van der Waals surface area contributed by atoms with Crippen molar-refractivity contribution >= 4 is 5.78 Å². The molecule has 0 bridgehead atoms. The van der Waals surface area contributed by atoms with Crippen molar-refractivity contribution in [2.75, 3.05) is 7.11 Å². The van der Waals surface area contributed by atoms with Gasteiger partial charge < -0.3 is 5.11 Å². The van der Waals surface area contributed by atoms with Crippen molar-refractivity contribution in [1.29, 1.82) is 0 Å². The summed E-state index contributed by atoms with van der Waals surface area (Å²) >= 11 is 0. The number of hydrogen-bond donors (Lipinski definition) is 1. The lowest BCUT2D eigenvalue weighted by molar-refractivity contribution is -0.116. The summed E-state index contributed by atoms with van der Waals surface area (Å²) in [6.07, 6.45) is 3.68. The van der Waals surface area contributed by atoms with E-state index in [1.54, 1.807) is 0 Å². The fraction of sp³-hybridized carbons (Fsp3) is 0.545. The van der Waals surface area contributed by atoms with Crippen molar-refractivity contribution in [1.82, 2.24) is 0 Å². The molecule has 0 aromatic carbocycles. The van der Waals surface area contributed by atoms with Gasteiger partial charge in [-0.05, 0) is 31.8 Å². The Hall–Kier alpha value is -0.890. The molecule has 0 aromatic heterocycles. The van der Waals surface area contributed by atoms with E-state index in [9.17, 15) is 4.79 Å². The molecule has 0 spiro atoms. The quantitative estimate of drug-likeness (QED) is 0.630. The summed E-state index contributed by atoms with van der Waals surface area (Å²) in [5.74, 6) is 0.676. The second-order valence-corrected chi connectivity index (χ2v) is 3.29. The van der Waals surface area contributed by atoms with E-state index in [4.69, 9.17) is 5.11 Å². The van der Waals surface area contributed by atoms with Gasteiger partial charge in [0.2, 0.25) is 0 Å². The van der Waals surface area contributed by atoms with Crippen molar-refractivity contribution in [2.24, 2.45) is 5.92 Å². The normalized spacial score (nSPS) is 21.4. The van der Waals surface area contributed by atoms with Crippen LogP contribution in [0.15, 0.2) is 23.8 Å². The molecule has 0 radical (unpaired) electrons. The maximum atomic E-state index is 11.2. The second-order valence-electron chi connectivity index (χ2n) is 3.29. The van der Waals surface area contributed by atoms with Gasteiger partial charge in [0.05, 0.1) is 0 Å². The van der Waals surface area contributed by atoms with Crippen LogP contribution in [0.4, 0.5) is 0 Å². The molecule has 0 aliphatic heterocycles. The Morgan fingerprint density at radius 3 is 2.54 bits per heavy atom. The van der Waals surface area contributed by atoms with Crippen LogP contribution in [0, 0.1) is 5.92 Å². The average Bonchev–Trinajstić information content (AvgIpc) is 2.13. The summed E-state index contributed by atoms with van der Waals surface area (Å²) in [5.41, 5.74) is 2.05. The van der Waals surface area contributed by atoms with Crippen molar-refractivity contribution in [3.63, 3.8) is 0 Å². The maximum Gasteiger partial charge on any atom is 0.158 e. The van der Waals surface area contributed by atoms with E-state index < -0.39 is 0 Å². The molecule has 2 heteroatoms. The molecule has 0 saturated heterocycles. The molecular weight excluding hydrogens is 164 g/mol. The van der Waals surface area contributed by atoms with Crippen LogP contribution in [0.2, 0.25) is 0 Å². The fourth-order valence-electron chi connectivity index (χ4n) is 1.28. The molecular formula is C11H18O2. The van der Waals surface area contributed by atoms with Crippen molar-refractivity contribution in [3.05, 3.63) is 23.8 Å². The fourth-order valence-corrected chi connectivity index (χ4v) is 1.28. The molecule has 0 heterocycles. The van der Waals surface area contributed by atoms with Crippen LogP contribution in [0.3, 0.4) is 0 Å². The number of aliphatic hydroxyl groups excluding tert-OH is 1. The third kappa shape index (κ3) is 3.55. The zero-order chi connectivity index (χ0) is 10.4. The first kappa shape index (κ1) is 12.1. The van der Waals surface area contributed by atoms with E-state index in [2.05, 4.69) is 6.58 Å². The van der Waals surface area contributed by atoms with Crippen LogP contribution in [-0.4, -0.2) is 18.0 Å². The van der Waals surface area contributed by atoms with Gasteiger partial charge in [0, 0.05) is 13.5 Å². The number of rotatable bonds is 1. The zero-order valence-corrected chi connectivity index (χ0v) is 8.63. The molecule has 0 saturated carbocycles. The highest BCUT2D eigenvalue weighted by atomic mass is 16.2. The van der Waals surface area contributed by atoms with Crippen LogP contribution < -0.4 is 0 Å². The SMILES string of the molecule is C=C(C)C1CC=C(C)C(=O)C1.CO. The molecule has 74 valence electrons. The summed E-state index contributed by atoms with van der Waals surface area (Å²) in [6, 6.07) is 0. The molecule has 1 aliphatic carbocycles. The number of Topliss-reactive ketones (excluding diaryl/α,β-unsaturated/α-hetero) is 1. The number of carbonyl (C=O) groups excluding carboxylic acids is 1. The van der Waals surface area contributed by atoms with Gasteiger partial charge in [-0.15, -0.1) is 0 Å². The Kier molecular flexibility index (Phi) is 5.31. The van der Waals surface area contributed by atoms with E-state index in [1.807, 2.05) is 19.9 Å². The van der Waals surface area contributed by atoms with Gasteiger partial charge in [0.15, 0.2) is 5.78 Å². The molecule has 13 heavy (non-hydrogen) atoms. The van der Waals surface area contributed by atoms with Crippen LogP contribution in [-0.2, 0) is 4.79 Å². The minimum Gasteiger partial charge on any atom is -0.400 e. The summed E-state index contributed by atoms with van der Waals surface area (Å²) in [4.78, 5) is 11.2. The van der Waals surface area contributed by atoms with Crippen LogP contribution in [0.5, 0.6) is 0 Å². The first-order valence-electron chi connectivity index (χ1n) is 4.41. The Morgan fingerprint density at radius 1 is 1.62 bits per heavy atom. The summed E-state index contributed by atoms with van der Waals surface area (Å²) in [5, 5.41) is 7.00. The third-order valence-electron chi connectivity index (χ3n) is 2.28. The van der Waals surface area contributed by atoms with E-state index in [-0.39, 0.29) is 5.78 Å². The predicted octanol–water partition coefficient (Wildman–Crippen LogP) is 2.10. The van der Waals surface area contributed by atoms with Gasteiger partial charge in [-0.2, -0.15) is 0 Å². The summed E-state index contributed by atoms with van der Waals surface area (Å²) < 4.78 is 0. The number of allylic oxidation sites excluding steroid dienone is 3. The predicted molar refractivity (Wildman–Crippen MR) is 54.4 cm³/mol. The highest BCUT2D eigenvalue weighted by molar-refractivity contribution is 5.95. The number of hydrogen-bond acceptors (Lipinski definition) is 2. The lowest BCUT2D eigenvalue weighted by Crippen LogP contribution is -2.14. The average molecular weight is 182 g/mol. The van der Waals surface area contributed by atoms with Crippen molar-refractivity contribution in [3.8, 4) is 0 Å². The van der Waals surface area contributed by atoms with Gasteiger partial charge >= 0.3 is 0 Å². The minimum absolute atomic E-state index is 0.282. The Morgan fingerprint density at radius 2 is 2.15 bits per heavy atom. The molecule has 0 aromatic rings. The van der Waals surface area contributed by atoms with Crippen LogP contribution >= 0.6 is 0 Å². The number of carbonyl (C=O) groups is 1. The van der Waals surface area contributed by atoms with E-state index in [1.165, 1.54) is 0 Å². The van der Waals surface area contributed by atoms with Gasteiger partial charge in [0.25, 0.3) is 0 Å². The summed E-state index contributed by atoms with van der Waals surface area (Å²) in [7, 11) is 1.00. The standard InChI is InChI=1S/C10H14O.CH4O/c1-7(2)9-5-4-8(3)10(11)6-9;1-2/h4,9H,1,5-6H2,2-3H3;2H,1H3. The molecule has 0 fully saturated rings. The lowest BCUT2D eigenvalue weighted by atomic mass is 9.85. The molecule has 1 unspecified atom stereocenters. The smallest absolute Gasteiger partial charge is 0.158 e. The van der Waals surface area contributed by atoms with Gasteiger partial charge in [0.1, 0.15) is 0 Å². The Bertz CT molecular complexity index is 226. The van der Waals surface area contributed by atoms with E-state index in [0.29, 0.717) is 12.3 Å². The van der Waals surface area contributed by atoms with Crippen LogP contribution in [0.25, 0.3) is 0 Å². The topological polar surface area (TPSA) is 37.3 Å². The maximum absolute atomic E-state index is 11.2. The Balaban J connectivity index is 0.000000671. The van der Waals surface area contributed by atoms with Gasteiger partial charge in [-0.3, -0.25) is 4.79 Å². The Labute approximate surface area is 80.0 Å². The zero-order valence-electron chi connectivity index (χ0n) is 8.63. The molecule has 1 atom stereocenters. The second kappa shape index (κ2) is 5.70. The largest absolute Gasteiger partial charge is 0.400 e. The molecule has 1 N–H and O–H groups in total. The van der Waals surface area contributed by atoms with Gasteiger partial charge in [-0.1, -0.05) is 18.2 Å². The van der Waals surface area contributed by atoms with Crippen molar-refractivity contribution < 1.29 is 9.90 Å². The first-order valence-corrected chi connectivity index (χ1v) is 4.41. The third-order valence-corrected chi connectivity index (χ3v) is 2.28. The molecule has 2 nitrogen and oxygen atoms in total.